The monoisotopic (exact) mass is 308 g/mol. The van der Waals surface area contributed by atoms with Crippen molar-refractivity contribution in [2.45, 2.75) is 17.2 Å². The molecule has 4 nitrogen and oxygen atoms in total. The molecule has 0 saturated heterocycles. The molecule has 1 unspecified atom stereocenters. The zero-order chi connectivity index (χ0) is 14.9. The van der Waals surface area contributed by atoms with Crippen molar-refractivity contribution in [3.05, 3.63) is 65.8 Å². The van der Waals surface area contributed by atoms with E-state index in [0.29, 0.717) is 0 Å². The molecule has 2 aromatic rings. The highest BCUT2D eigenvalue weighted by Crippen LogP contribution is 2.45. The molecule has 110 valence electrons. The first-order valence-electron chi connectivity index (χ1n) is 7.26. The number of thioether (sulfide) groups is 1. The molecule has 5 heteroatoms. The number of hydrogen-bond acceptors (Lipinski definition) is 5. The topological polar surface area (TPSA) is 49.8 Å². The fraction of sp³-hybridized carbons (Fsp3) is 0.176. The van der Waals surface area contributed by atoms with Crippen LogP contribution in [0, 0.1) is 6.92 Å². The Morgan fingerprint density at radius 3 is 2.95 bits per heavy atom. The van der Waals surface area contributed by atoms with Gasteiger partial charge in [0, 0.05) is 24.0 Å². The first-order chi connectivity index (χ1) is 10.8. The first-order valence-corrected chi connectivity index (χ1v) is 8.14. The molecule has 0 saturated carbocycles. The van der Waals surface area contributed by atoms with Gasteiger partial charge in [0.05, 0.1) is 10.6 Å². The molecule has 4 rings (SSSR count). The van der Waals surface area contributed by atoms with Crippen molar-refractivity contribution >= 4 is 23.2 Å². The molecule has 0 amide bonds. The minimum absolute atomic E-state index is 0.184. The van der Waals surface area contributed by atoms with Gasteiger partial charge in [-0.2, -0.15) is 0 Å². The highest BCUT2D eigenvalue weighted by molar-refractivity contribution is 8.00. The van der Waals surface area contributed by atoms with Crippen LogP contribution in [0.5, 0.6) is 0 Å². The summed E-state index contributed by atoms with van der Waals surface area (Å²) in [6.45, 7) is 2.82. The minimum atomic E-state index is 0.184. The summed E-state index contributed by atoms with van der Waals surface area (Å²) in [5, 5.41) is 6.90. The van der Waals surface area contributed by atoms with Gasteiger partial charge in [0.15, 0.2) is 0 Å². The van der Waals surface area contributed by atoms with Gasteiger partial charge in [-0.15, -0.1) is 0 Å². The predicted octanol–water partition coefficient (Wildman–Crippen LogP) is 3.50. The second-order valence-corrected chi connectivity index (χ2v) is 6.50. The van der Waals surface area contributed by atoms with Crippen molar-refractivity contribution < 1.29 is 0 Å². The maximum atomic E-state index is 4.78. The van der Waals surface area contributed by atoms with Crippen LogP contribution < -0.4 is 10.6 Å². The van der Waals surface area contributed by atoms with Gasteiger partial charge in [0.25, 0.3) is 0 Å². The van der Waals surface area contributed by atoms with E-state index in [1.54, 1.807) is 11.8 Å². The Morgan fingerprint density at radius 1 is 1.23 bits per heavy atom. The molecule has 1 atom stereocenters. The molecule has 4 heterocycles. The van der Waals surface area contributed by atoms with Crippen LogP contribution in [-0.2, 0) is 0 Å². The number of aryl methyl sites for hydroxylation is 1. The number of dihydropyridines is 1. The molecule has 2 aliphatic rings. The molecule has 2 N–H and O–H groups in total. The van der Waals surface area contributed by atoms with Crippen LogP contribution in [-0.4, -0.2) is 16.5 Å². The van der Waals surface area contributed by atoms with E-state index >= 15 is 0 Å². The lowest BCUT2D eigenvalue weighted by molar-refractivity contribution is 0.975. The number of allylic oxidation sites excluding steroid dienone is 2. The van der Waals surface area contributed by atoms with Crippen molar-refractivity contribution in [1.82, 2.24) is 15.3 Å². The third-order valence-corrected chi connectivity index (χ3v) is 4.95. The second-order valence-electron chi connectivity index (χ2n) is 5.35. The SMILES string of the molecule is Cc1ccc(C2Nc3nc(C4=CC=CNC4)ccc3S2)cn1. The summed E-state index contributed by atoms with van der Waals surface area (Å²) < 4.78 is 0. The van der Waals surface area contributed by atoms with Crippen LogP contribution in [0.1, 0.15) is 22.3 Å². The Hall–Kier alpha value is -2.27. The van der Waals surface area contributed by atoms with Gasteiger partial charge >= 0.3 is 0 Å². The van der Waals surface area contributed by atoms with Gasteiger partial charge in [-0.1, -0.05) is 23.9 Å². The normalized spacial score (nSPS) is 19.1. The number of fused-ring (bicyclic) bond motifs is 1. The van der Waals surface area contributed by atoms with E-state index in [9.17, 15) is 0 Å². The number of aromatic nitrogens is 2. The van der Waals surface area contributed by atoms with Gasteiger partial charge in [0.1, 0.15) is 11.2 Å². The van der Waals surface area contributed by atoms with Crippen LogP contribution in [0.2, 0.25) is 0 Å². The van der Waals surface area contributed by atoms with E-state index in [1.807, 2.05) is 31.5 Å². The molecule has 0 radical (unpaired) electrons. The number of anilines is 1. The predicted molar refractivity (Wildman–Crippen MR) is 90.6 cm³/mol. The van der Waals surface area contributed by atoms with Gasteiger partial charge in [-0.3, -0.25) is 4.98 Å². The minimum Gasteiger partial charge on any atom is -0.387 e. The van der Waals surface area contributed by atoms with Gasteiger partial charge in [-0.25, -0.2) is 4.98 Å². The number of rotatable bonds is 2. The van der Waals surface area contributed by atoms with Crippen molar-refractivity contribution in [1.29, 1.82) is 0 Å². The average Bonchev–Trinajstić information content (AvgIpc) is 2.99. The zero-order valence-electron chi connectivity index (χ0n) is 12.2. The fourth-order valence-corrected chi connectivity index (χ4v) is 3.59. The van der Waals surface area contributed by atoms with E-state index < -0.39 is 0 Å². The molecule has 0 aromatic carbocycles. The molecule has 0 fully saturated rings. The molecule has 22 heavy (non-hydrogen) atoms. The summed E-state index contributed by atoms with van der Waals surface area (Å²) in [5.41, 5.74) is 4.44. The summed E-state index contributed by atoms with van der Waals surface area (Å²) in [6.07, 6.45) is 8.00. The van der Waals surface area contributed by atoms with Crippen molar-refractivity contribution in [3.63, 3.8) is 0 Å². The third kappa shape index (κ3) is 2.48. The molecule has 2 aromatic heterocycles. The van der Waals surface area contributed by atoms with Crippen LogP contribution >= 0.6 is 11.8 Å². The molecular weight excluding hydrogens is 292 g/mol. The lowest BCUT2D eigenvalue weighted by atomic mass is 10.1. The van der Waals surface area contributed by atoms with Crippen molar-refractivity contribution in [2.24, 2.45) is 0 Å². The molecule has 2 aliphatic heterocycles. The standard InChI is InChI=1S/C17H16N4S/c1-11-4-5-13(10-19-11)17-21-16-15(22-17)7-6-14(20-16)12-3-2-8-18-9-12/h2-8,10,17-18H,9H2,1H3,(H,20,21). The lowest BCUT2D eigenvalue weighted by Crippen LogP contribution is -2.12. The van der Waals surface area contributed by atoms with Crippen LogP contribution in [0.15, 0.2) is 53.7 Å². The first kappa shape index (κ1) is 13.4. The van der Waals surface area contributed by atoms with Crippen molar-refractivity contribution in [3.8, 4) is 0 Å². The Bertz CT molecular complexity index is 765. The van der Waals surface area contributed by atoms with Gasteiger partial charge < -0.3 is 10.6 Å². The van der Waals surface area contributed by atoms with Gasteiger partial charge in [-0.05, 0) is 43.0 Å². The highest BCUT2D eigenvalue weighted by Gasteiger charge is 2.24. The zero-order valence-corrected chi connectivity index (χ0v) is 13.0. The second kappa shape index (κ2) is 5.50. The number of nitrogens with zero attached hydrogens (tertiary/aromatic N) is 2. The molecule has 0 aliphatic carbocycles. The molecular formula is C17H16N4S. The number of hydrogen-bond donors (Lipinski definition) is 2. The quantitative estimate of drug-likeness (QED) is 0.889. The van der Waals surface area contributed by atoms with Crippen LogP contribution in [0.4, 0.5) is 5.82 Å². The smallest absolute Gasteiger partial charge is 0.141 e. The third-order valence-electron chi connectivity index (χ3n) is 3.74. The summed E-state index contributed by atoms with van der Waals surface area (Å²) >= 11 is 1.79. The summed E-state index contributed by atoms with van der Waals surface area (Å²) in [4.78, 5) is 10.3. The Morgan fingerprint density at radius 2 is 2.18 bits per heavy atom. The Labute approximate surface area is 133 Å². The average molecular weight is 308 g/mol. The van der Waals surface area contributed by atoms with E-state index in [-0.39, 0.29) is 5.37 Å². The van der Waals surface area contributed by atoms with Crippen molar-refractivity contribution in [2.75, 3.05) is 11.9 Å². The van der Waals surface area contributed by atoms with Gasteiger partial charge in [0.2, 0.25) is 0 Å². The summed E-state index contributed by atoms with van der Waals surface area (Å²) in [6, 6.07) is 8.41. The Balaban J connectivity index is 1.60. The fourth-order valence-electron chi connectivity index (χ4n) is 2.53. The number of nitrogens with one attached hydrogen (secondary N) is 2. The maximum absolute atomic E-state index is 4.78. The summed E-state index contributed by atoms with van der Waals surface area (Å²) in [5.74, 6) is 0.962. The largest absolute Gasteiger partial charge is 0.387 e. The number of pyridine rings is 2. The van der Waals surface area contributed by atoms with Crippen LogP contribution in [0.3, 0.4) is 0 Å². The van der Waals surface area contributed by atoms with E-state index in [4.69, 9.17) is 4.98 Å². The van der Waals surface area contributed by atoms with E-state index in [2.05, 4.69) is 39.9 Å². The van der Waals surface area contributed by atoms with E-state index in [0.717, 1.165) is 23.8 Å². The molecule has 0 spiro atoms. The molecule has 0 bridgehead atoms. The highest BCUT2D eigenvalue weighted by atomic mass is 32.2. The van der Waals surface area contributed by atoms with Crippen LogP contribution in [0.25, 0.3) is 5.57 Å². The Kier molecular flexibility index (Phi) is 3.35. The lowest BCUT2D eigenvalue weighted by Gasteiger charge is -2.11. The summed E-state index contributed by atoms with van der Waals surface area (Å²) in [7, 11) is 0. The van der Waals surface area contributed by atoms with E-state index in [1.165, 1.54) is 16.0 Å². The maximum Gasteiger partial charge on any atom is 0.141 e.